The topological polar surface area (TPSA) is 42.2 Å². The van der Waals surface area contributed by atoms with E-state index in [1.807, 2.05) is 12.1 Å². The summed E-state index contributed by atoms with van der Waals surface area (Å²) in [6, 6.07) is 8.32. The number of aromatic nitrogens is 2. The summed E-state index contributed by atoms with van der Waals surface area (Å²) >= 11 is 0. The minimum absolute atomic E-state index is 0.646. The van der Waals surface area contributed by atoms with Crippen LogP contribution in [0.5, 0.6) is 0 Å². The van der Waals surface area contributed by atoms with Gasteiger partial charge in [-0.3, -0.25) is 0 Å². The van der Waals surface area contributed by atoms with Crippen LogP contribution in [0.4, 0.5) is 5.69 Å². The zero-order valence-electron chi connectivity index (χ0n) is 8.97. The van der Waals surface area contributed by atoms with Crippen molar-refractivity contribution in [2.24, 2.45) is 0 Å². The lowest BCUT2D eigenvalue weighted by Gasteiger charge is -2.17. The minimum Gasteiger partial charge on any atom is -0.372 e. The molecule has 0 atom stereocenters. The van der Waals surface area contributed by atoms with Crippen molar-refractivity contribution in [3.63, 3.8) is 0 Å². The molecule has 0 bridgehead atoms. The maximum absolute atomic E-state index is 4.73. The van der Waals surface area contributed by atoms with Crippen molar-refractivity contribution in [2.45, 2.75) is 12.8 Å². The Morgan fingerprint density at radius 1 is 1.06 bits per heavy atom. The summed E-state index contributed by atoms with van der Waals surface area (Å²) in [6.07, 6.45) is 3.95. The molecule has 3 rings (SSSR count). The molecule has 16 heavy (non-hydrogen) atoms. The van der Waals surface area contributed by atoms with Gasteiger partial charge in [-0.15, -0.1) is 0 Å². The highest BCUT2D eigenvalue weighted by Crippen LogP contribution is 2.23. The average Bonchev–Trinajstić information content (AvgIpc) is 3.03. The van der Waals surface area contributed by atoms with Gasteiger partial charge in [-0.2, -0.15) is 4.98 Å². The Bertz CT molecular complexity index is 444. The van der Waals surface area contributed by atoms with E-state index in [-0.39, 0.29) is 0 Å². The molecule has 0 aliphatic carbocycles. The van der Waals surface area contributed by atoms with Crippen molar-refractivity contribution in [2.75, 3.05) is 18.0 Å². The Morgan fingerprint density at radius 3 is 2.44 bits per heavy atom. The molecule has 1 aliphatic rings. The van der Waals surface area contributed by atoms with Crippen molar-refractivity contribution in [1.82, 2.24) is 10.1 Å². The van der Waals surface area contributed by atoms with Crippen LogP contribution in [0, 0.1) is 0 Å². The summed E-state index contributed by atoms with van der Waals surface area (Å²) in [6.45, 7) is 2.34. The molecule has 1 aromatic heterocycles. The highest BCUT2D eigenvalue weighted by Gasteiger charge is 2.12. The first-order valence-electron chi connectivity index (χ1n) is 5.55. The van der Waals surface area contributed by atoms with Gasteiger partial charge >= 0.3 is 0 Å². The first-order valence-corrected chi connectivity index (χ1v) is 5.55. The Kier molecular flexibility index (Phi) is 2.33. The maximum atomic E-state index is 4.73. The number of rotatable bonds is 2. The Hall–Kier alpha value is -1.84. The van der Waals surface area contributed by atoms with Gasteiger partial charge in [-0.05, 0) is 37.1 Å². The van der Waals surface area contributed by atoms with Gasteiger partial charge in [0.1, 0.15) is 0 Å². The summed E-state index contributed by atoms with van der Waals surface area (Å²) < 4.78 is 4.73. The van der Waals surface area contributed by atoms with Crippen molar-refractivity contribution in [3.05, 3.63) is 30.7 Å². The van der Waals surface area contributed by atoms with Crippen LogP contribution in [0.2, 0.25) is 0 Å². The van der Waals surface area contributed by atoms with E-state index in [1.54, 1.807) is 0 Å². The predicted octanol–water partition coefficient (Wildman–Crippen LogP) is 2.34. The zero-order valence-corrected chi connectivity index (χ0v) is 8.97. The second-order valence-corrected chi connectivity index (χ2v) is 4.00. The van der Waals surface area contributed by atoms with Crippen molar-refractivity contribution < 1.29 is 4.52 Å². The van der Waals surface area contributed by atoms with Crippen LogP contribution in [0.15, 0.2) is 35.2 Å². The third-order valence-corrected chi connectivity index (χ3v) is 2.96. The fourth-order valence-corrected chi connectivity index (χ4v) is 2.09. The summed E-state index contributed by atoms with van der Waals surface area (Å²) in [5.41, 5.74) is 2.28. The van der Waals surface area contributed by atoms with E-state index in [2.05, 4.69) is 27.2 Å². The van der Waals surface area contributed by atoms with Crippen LogP contribution < -0.4 is 4.90 Å². The fraction of sp³-hybridized carbons (Fsp3) is 0.333. The van der Waals surface area contributed by atoms with Gasteiger partial charge in [0.2, 0.25) is 12.2 Å². The first-order chi connectivity index (χ1) is 7.93. The van der Waals surface area contributed by atoms with Gasteiger partial charge in [-0.25, -0.2) is 0 Å². The van der Waals surface area contributed by atoms with Gasteiger partial charge in [0.25, 0.3) is 0 Å². The molecular formula is C12H13N3O. The Morgan fingerprint density at radius 2 is 1.81 bits per heavy atom. The molecule has 1 saturated heterocycles. The zero-order chi connectivity index (χ0) is 10.8. The fourth-order valence-electron chi connectivity index (χ4n) is 2.09. The summed E-state index contributed by atoms with van der Waals surface area (Å²) in [5, 5.41) is 3.81. The van der Waals surface area contributed by atoms with E-state index >= 15 is 0 Å². The van der Waals surface area contributed by atoms with Crippen LogP contribution in [0.1, 0.15) is 12.8 Å². The molecule has 4 nitrogen and oxygen atoms in total. The molecule has 0 amide bonds. The average molecular weight is 215 g/mol. The van der Waals surface area contributed by atoms with Crippen LogP contribution in [-0.2, 0) is 0 Å². The Balaban J connectivity index is 1.84. The largest absolute Gasteiger partial charge is 0.372 e. The second-order valence-electron chi connectivity index (χ2n) is 4.00. The van der Waals surface area contributed by atoms with E-state index < -0.39 is 0 Å². The third kappa shape index (κ3) is 1.66. The molecule has 1 aromatic carbocycles. The van der Waals surface area contributed by atoms with Crippen molar-refractivity contribution >= 4 is 5.69 Å². The van der Waals surface area contributed by atoms with Crippen molar-refractivity contribution in [3.8, 4) is 11.4 Å². The highest BCUT2D eigenvalue weighted by molar-refractivity contribution is 5.60. The van der Waals surface area contributed by atoms with Gasteiger partial charge < -0.3 is 9.42 Å². The summed E-state index contributed by atoms with van der Waals surface area (Å²) in [4.78, 5) is 6.43. The second kappa shape index (κ2) is 3.96. The van der Waals surface area contributed by atoms with Crippen LogP contribution >= 0.6 is 0 Å². The van der Waals surface area contributed by atoms with Crippen LogP contribution in [-0.4, -0.2) is 23.2 Å². The molecule has 1 fully saturated rings. The molecule has 0 saturated carbocycles. The third-order valence-electron chi connectivity index (χ3n) is 2.96. The molecular weight excluding hydrogens is 202 g/mol. The smallest absolute Gasteiger partial charge is 0.214 e. The molecule has 2 heterocycles. The number of hydrogen-bond acceptors (Lipinski definition) is 4. The van der Waals surface area contributed by atoms with Gasteiger partial charge in [0.05, 0.1) is 0 Å². The molecule has 1 aliphatic heterocycles. The lowest BCUT2D eigenvalue weighted by Crippen LogP contribution is -2.17. The minimum atomic E-state index is 0.646. The molecule has 0 unspecified atom stereocenters. The van der Waals surface area contributed by atoms with Crippen LogP contribution in [0.3, 0.4) is 0 Å². The number of anilines is 1. The SMILES string of the molecule is c1nc(-c2ccc(N3CCCC3)cc2)no1. The van der Waals surface area contributed by atoms with Gasteiger partial charge in [0, 0.05) is 24.3 Å². The van der Waals surface area contributed by atoms with Gasteiger partial charge in [-0.1, -0.05) is 5.16 Å². The van der Waals surface area contributed by atoms with E-state index in [4.69, 9.17) is 4.52 Å². The highest BCUT2D eigenvalue weighted by atomic mass is 16.5. The lowest BCUT2D eigenvalue weighted by molar-refractivity contribution is 0.419. The molecule has 82 valence electrons. The predicted molar refractivity (Wildman–Crippen MR) is 61.2 cm³/mol. The van der Waals surface area contributed by atoms with E-state index in [0.717, 1.165) is 5.56 Å². The number of benzene rings is 1. The Labute approximate surface area is 93.9 Å². The number of nitrogens with zero attached hydrogens (tertiary/aromatic N) is 3. The van der Waals surface area contributed by atoms with Gasteiger partial charge in [0.15, 0.2) is 0 Å². The van der Waals surface area contributed by atoms with E-state index in [0.29, 0.717) is 5.82 Å². The summed E-state index contributed by atoms with van der Waals surface area (Å²) in [5.74, 6) is 0.646. The maximum Gasteiger partial charge on any atom is 0.214 e. The first kappa shape index (κ1) is 9.39. The molecule has 0 radical (unpaired) electrons. The van der Waals surface area contributed by atoms with Crippen molar-refractivity contribution in [1.29, 1.82) is 0 Å². The monoisotopic (exact) mass is 215 g/mol. The molecule has 4 heteroatoms. The molecule has 2 aromatic rings. The summed E-state index contributed by atoms with van der Waals surface area (Å²) in [7, 11) is 0. The number of hydrogen-bond donors (Lipinski definition) is 0. The van der Waals surface area contributed by atoms with E-state index in [1.165, 1.54) is 38.0 Å². The van der Waals surface area contributed by atoms with E-state index in [9.17, 15) is 0 Å². The normalized spacial score (nSPS) is 15.6. The van der Waals surface area contributed by atoms with Crippen LogP contribution in [0.25, 0.3) is 11.4 Å². The molecule has 0 spiro atoms. The lowest BCUT2D eigenvalue weighted by atomic mass is 10.2. The molecule has 0 N–H and O–H groups in total. The standard InChI is InChI=1S/C12H13N3O/c1-2-8-15(7-1)11-5-3-10(4-6-11)12-13-9-16-14-12/h3-6,9H,1-2,7-8H2. The quantitative estimate of drug-likeness (QED) is 0.771.